The van der Waals surface area contributed by atoms with Crippen LogP contribution in [0.25, 0.3) is 0 Å². The Hall–Kier alpha value is 0.113. The summed E-state index contributed by atoms with van der Waals surface area (Å²) in [6.45, 7) is 1.43. The van der Waals surface area contributed by atoms with E-state index < -0.39 is 0 Å². The SMILES string of the molecule is CC#N.[Zn+2]. The Morgan fingerprint density at radius 3 is 1.75 bits per heavy atom. The Morgan fingerprint density at radius 2 is 1.75 bits per heavy atom. The predicted octanol–water partition coefficient (Wildman–Crippen LogP) is 0.527. The Balaban J connectivity index is 0. The van der Waals surface area contributed by atoms with E-state index in [0.717, 1.165) is 0 Å². The number of hydrogen-bond acceptors (Lipinski definition) is 1. The molecule has 0 bridgehead atoms. The van der Waals surface area contributed by atoms with Crippen LogP contribution in [-0.2, 0) is 19.5 Å². The van der Waals surface area contributed by atoms with Crippen LogP contribution in [0.1, 0.15) is 6.92 Å². The van der Waals surface area contributed by atoms with Crippen molar-refractivity contribution in [1.29, 1.82) is 5.26 Å². The van der Waals surface area contributed by atoms with E-state index in [1.807, 2.05) is 0 Å². The second-order valence-corrected chi connectivity index (χ2v) is 0.224. The van der Waals surface area contributed by atoms with Crippen LogP contribution in [0.5, 0.6) is 0 Å². The first-order chi connectivity index (χ1) is 1.41. The van der Waals surface area contributed by atoms with E-state index in [0.29, 0.717) is 0 Å². The maximum Gasteiger partial charge on any atom is 2.00 e. The van der Waals surface area contributed by atoms with Crippen LogP contribution in [0.15, 0.2) is 0 Å². The number of hydrogen-bond donors (Lipinski definition) is 0. The quantitative estimate of drug-likeness (QED) is 0.413. The molecule has 0 amide bonds. The first-order valence-corrected chi connectivity index (χ1v) is 0.724. The molecule has 4 heavy (non-hydrogen) atoms. The summed E-state index contributed by atoms with van der Waals surface area (Å²) in [5.74, 6) is 0. The average Bonchev–Trinajstić information content (AvgIpc) is 0.918. The van der Waals surface area contributed by atoms with E-state index in [9.17, 15) is 0 Å². The molecular formula is C2H3NZn+2. The van der Waals surface area contributed by atoms with Crippen LogP contribution in [0.4, 0.5) is 0 Å². The minimum atomic E-state index is 0. The van der Waals surface area contributed by atoms with E-state index >= 15 is 0 Å². The molecule has 0 aliphatic rings. The molecular weight excluding hydrogens is 103 g/mol. The van der Waals surface area contributed by atoms with E-state index in [-0.39, 0.29) is 19.5 Å². The monoisotopic (exact) mass is 105 g/mol. The van der Waals surface area contributed by atoms with Crippen LogP contribution >= 0.6 is 0 Å². The van der Waals surface area contributed by atoms with Gasteiger partial charge in [-0.05, 0) is 0 Å². The van der Waals surface area contributed by atoms with Crippen molar-refractivity contribution in [3.63, 3.8) is 0 Å². The minimum absolute atomic E-state index is 0. The normalized spacial score (nSPS) is 2.00. The molecule has 0 N–H and O–H groups in total. The first kappa shape index (κ1) is 8.93. The first-order valence-electron chi connectivity index (χ1n) is 0.724. The fourth-order valence-corrected chi connectivity index (χ4v) is 0. The summed E-state index contributed by atoms with van der Waals surface area (Å²) in [4.78, 5) is 0. The van der Waals surface area contributed by atoms with Gasteiger partial charge < -0.3 is 0 Å². The van der Waals surface area contributed by atoms with Crippen LogP contribution in [0.2, 0.25) is 0 Å². The van der Waals surface area contributed by atoms with E-state index in [1.165, 1.54) is 6.92 Å². The van der Waals surface area contributed by atoms with Crippen LogP contribution < -0.4 is 0 Å². The molecule has 0 spiro atoms. The van der Waals surface area contributed by atoms with Crippen molar-refractivity contribution in [1.82, 2.24) is 0 Å². The standard InChI is InChI=1S/C2H3N.Zn/c1-2-3;/h1H3;/q;+2. The van der Waals surface area contributed by atoms with Gasteiger partial charge in [-0.15, -0.1) is 0 Å². The third kappa shape index (κ3) is 204. The van der Waals surface area contributed by atoms with Gasteiger partial charge in [0.2, 0.25) is 0 Å². The fraction of sp³-hybridized carbons (Fsp3) is 0.500. The van der Waals surface area contributed by atoms with Gasteiger partial charge in [0.05, 0.1) is 6.07 Å². The zero-order valence-electron chi connectivity index (χ0n) is 2.65. The van der Waals surface area contributed by atoms with E-state index in [2.05, 4.69) is 0 Å². The molecule has 0 fully saturated rings. The smallest absolute Gasteiger partial charge is 0.199 e. The van der Waals surface area contributed by atoms with Gasteiger partial charge in [-0.2, -0.15) is 5.26 Å². The minimum Gasteiger partial charge on any atom is -0.199 e. The molecule has 0 heterocycles. The van der Waals surface area contributed by atoms with Crippen molar-refractivity contribution in [2.45, 2.75) is 6.92 Å². The molecule has 0 aliphatic heterocycles. The summed E-state index contributed by atoms with van der Waals surface area (Å²) >= 11 is 0. The van der Waals surface area contributed by atoms with Gasteiger partial charge in [-0.1, -0.05) is 0 Å². The molecule has 0 rings (SSSR count). The van der Waals surface area contributed by atoms with Crippen LogP contribution in [0, 0.1) is 11.3 Å². The summed E-state index contributed by atoms with van der Waals surface area (Å²) < 4.78 is 0. The summed E-state index contributed by atoms with van der Waals surface area (Å²) in [5.41, 5.74) is 0. The van der Waals surface area contributed by atoms with Gasteiger partial charge in [-0.25, -0.2) is 0 Å². The predicted molar refractivity (Wildman–Crippen MR) is 11.3 cm³/mol. The average molecular weight is 106 g/mol. The molecule has 0 aromatic heterocycles. The summed E-state index contributed by atoms with van der Waals surface area (Å²) in [7, 11) is 0. The van der Waals surface area contributed by atoms with Gasteiger partial charge in [0.25, 0.3) is 0 Å². The van der Waals surface area contributed by atoms with Crippen LogP contribution in [0.3, 0.4) is 0 Å². The molecule has 0 saturated heterocycles. The zero-order chi connectivity index (χ0) is 2.71. The van der Waals surface area contributed by atoms with Crippen LogP contribution in [-0.4, -0.2) is 0 Å². The van der Waals surface area contributed by atoms with Crippen molar-refractivity contribution in [2.24, 2.45) is 0 Å². The fourth-order valence-electron chi connectivity index (χ4n) is 0. The summed E-state index contributed by atoms with van der Waals surface area (Å²) in [6, 6.07) is 1.75. The molecule has 16 valence electrons. The second-order valence-electron chi connectivity index (χ2n) is 0.224. The summed E-state index contributed by atoms with van der Waals surface area (Å²) in [6.07, 6.45) is 0. The third-order valence-corrected chi connectivity index (χ3v) is 0. The molecule has 1 nitrogen and oxygen atoms in total. The molecule has 0 atom stereocenters. The Morgan fingerprint density at radius 1 is 1.75 bits per heavy atom. The molecule has 0 saturated carbocycles. The van der Waals surface area contributed by atoms with Crippen molar-refractivity contribution >= 4 is 0 Å². The van der Waals surface area contributed by atoms with Gasteiger partial charge in [0, 0.05) is 6.92 Å². The molecule has 0 radical (unpaired) electrons. The topological polar surface area (TPSA) is 23.8 Å². The summed E-state index contributed by atoms with van der Waals surface area (Å²) in [5, 5.41) is 7.32. The maximum absolute atomic E-state index is 7.32. The third-order valence-electron chi connectivity index (χ3n) is 0. The Bertz CT molecular complexity index is 27.5. The number of nitrogens with zero attached hydrogens (tertiary/aromatic N) is 1. The number of nitriles is 1. The molecule has 2 heteroatoms. The van der Waals surface area contributed by atoms with E-state index in [1.54, 1.807) is 6.07 Å². The van der Waals surface area contributed by atoms with Gasteiger partial charge in [0.1, 0.15) is 0 Å². The molecule has 0 aliphatic carbocycles. The number of rotatable bonds is 0. The van der Waals surface area contributed by atoms with Gasteiger partial charge in [-0.3, -0.25) is 0 Å². The van der Waals surface area contributed by atoms with Gasteiger partial charge in [0.15, 0.2) is 0 Å². The zero-order valence-corrected chi connectivity index (χ0v) is 5.62. The van der Waals surface area contributed by atoms with Gasteiger partial charge >= 0.3 is 19.5 Å². The van der Waals surface area contributed by atoms with Crippen molar-refractivity contribution in [3.05, 3.63) is 0 Å². The maximum atomic E-state index is 7.32. The second kappa shape index (κ2) is 11.2. The molecule has 0 aromatic rings. The Labute approximate surface area is 38.4 Å². The van der Waals surface area contributed by atoms with Crippen molar-refractivity contribution in [3.8, 4) is 6.07 Å². The van der Waals surface area contributed by atoms with E-state index in [4.69, 9.17) is 5.26 Å². The van der Waals surface area contributed by atoms with Crippen molar-refractivity contribution in [2.75, 3.05) is 0 Å². The molecule has 0 aromatic carbocycles. The largest absolute Gasteiger partial charge is 2.00 e. The van der Waals surface area contributed by atoms with Crippen molar-refractivity contribution < 1.29 is 19.5 Å². The Kier molecular flexibility index (Phi) is 25.0. The molecule has 0 unspecified atom stereocenters.